The lowest BCUT2D eigenvalue weighted by molar-refractivity contribution is -0.138. The lowest BCUT2D eigenvalue weighted by Gasteiger charge is -2.13. The van der Waals surface area contributed by atoms with Crippen molar-refractivity contribution in [2.75, 3.05) is 26.6 Å². The maximum absolute atomic E-state index is 13.8. The SMILES string of the molecule is COC(=O)/C=C(/Nc1cc(F)c(OC)cc1C(=O)O)C(=O)OC. The smallest absolute Gasteiger partial charge is 0.354 e. The van der Waals surface area contributed by atoms with Gasteiger partial charge in [0, 0.05) is 6.07 Å². The molecule has 23 heavy (non-hydrogen) atoms. The third-order valence-corrected chi connectivity index (χ3v) is 2.66. The molecule has 0 heterocycles. The molecule has 0 atom stereocenters. The van der Waals surface area contributed by atoms with Gasteiger partial charge in [0.1, 0.15) is 5.70 Å². The van der Waals surface area contributed by atoms with E-state index in [9.17, 15) is 18.8 Å². The highest BCUT2D eigenvalue weighted by Crippen LogP contribution is 2.27. The van der Waals surface area contributed by atoms with E-state index in [1.807, 2.05) is 0 Å². The Bertz CT molecular complexity index is 669. The quantitative estimate of drug-likeness (QED) is 0.592. The fourth-order valence-corrected chi connectivity index (χ4v) is 1.57. The van der Waals surface area contributed by atoms with Crippen LogP contribution in [-0.4, -0.2) is 44.3 Å². The lowest BCUT2D eigenvalue weighted by Crippen LogP contribution is -2.17. The van der Waals surface area contributed by atoms with Crippen LogP contribution in [0.4, 0.5) is 10.1 Å². The van der Waals surface area contributed by atoms with E-state index in [1.165, 1.54) is 7.11 Å². The van der Waals surface area contributed by atoms with Gasteiger partial charge in [-0.15, -0.1) is 0 Å². The molecule has 0 saturated heterocycles. The van der Waals surface area contributed by atoms with E-state index >= 15 is 0 Å². The molecule has 0 aliphatic heterocycles. The molecule has 0 aliphatic carbocycles. The van der Waals surface area contributed by atoms with Crippen molar-refractivity contribution in [1.29, 1.82) is 0 Å². The topological polar surface area (TPSA) is 111 Å². The van der Waals surface area contributed by atoms with Crippen LogP contribution in [0.2, 0.25) is 0 Å². The molecule has 0 unspecified atom stereocenters. The number of anilines is 1. The van der Waals surface area contributed by atoms with Crippen molar-refractivity contribution in [3.05, 3.63) is 35.3 Å². The number of nitrogens with one attached hydrogen (secondary N) is 1. The Labute approximate surface area is 130 Å². The minimum absolute atomic E-state index is 0.267. The molecule has 0 radical (unpaired) electrons. The molecular formula is C14H14FNO7. The van der Waals surface area contributed by atoms with Crippen molar-refractivity contribution in [1.82, 2.24) is 0 Å². The number of carbonyl (C=O) groups excluding carboxylic acids is 2. The maximum atomic E-state index is 13.8. The molecule has 8 nitrogen and oxygen atoms in total. The number of ether oxygens (including phenoxy) is 3. The van der Waals surface area contributed by atoms with Crippen molar-refractivity contribution < 1.29 is 38.1 Å². The molecular weight excluding hydrogens is 313 g/mol. The lowest BCUT2D eigenvalue weighted by atomic mass is 10.1. The van der Waals surface area contributed by atoms with Gasteiger partial charge in [-0.1, -0.05) is 0 Å². The highest BCUT2D eigenvalue weighted by atomic mass is 19.1. The van der Waals surface area contributed by atoms with Crippen LogP contribution in [0.5, 0.6) is 5.75 Å². The summed E-state index contributed by atoms with van der Waals surface area (Å²) in [5.41, 5.74) is -1.06. The van der Waals surface area contributed by atoms with E-state index in [1.54, 1.807) is 0 Å². The number of carboxylic acids is 1. The summed E-state index contributed by atoms with van der Waals surface area (Å²) >= 11 is 0. The van der Waals surface area contributed by atoms with Crippen LogP contribution in [0.25, 0.3) is 0 Å². The van der Waals surface area contributed by atoms with E-state index < -0.39 is 29.4 Å². The van der Waals surface area contributed by atoms with Gasteiger partial charge in [-0.25, -0.2) is 18.8 Å². The van der Waals surface area contributed by atoms with Gasteiger partial charge in [-0.2, -0.15) is 0 Å². The van der Waals surface area contributed by atoms with Crippen LogP contribution in [0.3, 0.4) is 0 Å². The van der Waals surface area contributed by atoms with Crippen LogP contribution in [0, 0.1) is 5.82 Å². The molecule has 0 bridgehead atoms. The van der Waals surface area contributed by atoms with Gasteiger partial charge >= 0.3 is 17.9 Å². The normalized spacial score (nSPS) is 10.7. The van der Waals surface area contributed by atoms with E-state index in [0.29, 0.717) is 0 Å². The number of rotatable bonds is 6. The Morgan fingerprint density at radius 1 is 1.17 bits per heavy atom. The molecule has 124 valence electrons. The molecule has 1 rings (SSSR count). The highest BCUT2D eigenvalue weighted by Gasteiger charge is 2.20. The summed E-state index contributed by atoms with van der Waals surface area (Å²) in [5, 5.41) is 11.5. The first kappa shape index (κ1) is 18.0. The predicted octanol–water partition coefficient (Wildman–Crippen LogP) is 1.17. The number of carboxylic acid groups (broad SMARTS) is 1. The standard InChI is InChI=1S/C14H14FNO7/c1-21-11-4-7(13(18)19)9(5-8(11)15)16-10(14(20)23-3)6-12(17)22-2/h4-6,16H,1-3H3,(H,18,19)/b10-6+. The average Bonchev–Trinajstić information content (AvgIpc) is 2.53. The van der Waals surface area contributed by atoms with Crippen molar-refractivity contribution in [3.8, 4) is 5.75 Å². The molecule has 0 saturated carbocycles. The van der Waals surface area contributed by atoms with Crippen LogP contribution in [0.15, 0.2) is 23.9 Å². The summed E-state index contributed by atoms with van der Waals surface area (Å²) in [6.07, 6.45) is 0.750. The van der Waals surface area contributed by atoms with Crippen molar-refractivity contribution in [2.24, 2.45) is 0 Å². The largest absolute Gasteiger partial charge is 0.494 e. The zero-order valence-electron chi connectivity index (χ0n) is 12.5. The van der Waals surface area contributed by atoms with E-state index in [0.717, 1.165) is 32.4 Å². The first-order valence-corrected chi connectivity index (χ1v) is 6.09. The number of methoxy groups -OCH3 is 3. The van der Waals surface area contributed by atoms with Gasteiger partial charge in [0.05, 0.1) is 38.7 Å². The second-order valence-corrected chi connectivity index (χ2v) is 4.04. The van der Waals surface area contributed by atoms with Gasteiger partial charge in [-0.3, -0.25) is 0 Å². The van der Waals surface area contributed by atoms with E-state index in [-0.39, 0.29) is 17.0 Å². The van der Waals surface area contributed by atoms with Gasteiger partial charge in [0.15, 0.2) is 11.6 Å². The third kappa shape index (κ3) is 4.43. The third-order valence-electron chi connectivity index (χ3n) is 2.66. The number of hydrogen-bond donors (Lipinski definition) is 2. The number of carbonyl (C=O) groups is 3. The zero-order valence-corrected chi connectivity index (χ0v) is 12.5. The first-order valence-electron chi connectivity index (χ1n) is 6.09. The molecule has 1 aromatic rings. The fourth-order valence-electron chi connectivity index (χ4n) is 1.57. The van der Waals surface area contributed by atoms with E-state index in [2.05, 4.69) is 14.8 Å². The summed E-state index contributed by atoms with van der Waals surface area (Å²) in [5.74, 6) is -4.40. The second kappa shape index (κ2) is 7.78. The summed E-state index contributed by atoms with van der Waals surface area (Å²) in [6, 6.07) is 1.75. The fraction of sp³-hybridized carbons (Fsp3) is 0.214. The summed E-state index contributed by atoms with van der Waals surface area (Å²) < 4.78 is 27.3. The number of benzene rings is 1. The predicted molar refractivity (Wildman–Crippen MR) is 75.6 cm³/mol. The second-order valence-electron chi connectivity index (χ2n) is 4.04. The van der Waals surface area contributed by atoms with Crippen LogP contribution in [-0.2, 0) is 19.1 Å². The molecule has 2 N–H and O–H groups in total. The minimum atomic E-state index is -1.40. The highest BCUT2D eigenvalue weighted by molar-refractivity contribution is 6.01. The Kier molecular flexibility index (Phi) is 6.07. The number of aromatic carboxylic acids is 1. The van der Waals surface area contributed by atoms with Gasteiger partial charge in [-0.05, 0) is 6.07 Å². The molecule has 0 aromatic heterocycles. The first-order chi connectivity index (χ1) is 10.8. The van der Waals surface area contributed by atoms with E-state index in [4.69, 9.17) is 9.84 Å². The molecule has 0 fully saturated rings. The summed E-state index contributed by atoms with van der Waals surface area (Å²) in [4.78, 5) is 34.1. The summed E-state index contributed by atoms with van der Waals surface area (Å²) in [7, 11) is 3.32. The van der Waals surface area contributed by atoms with Gasteiger partial charge < -0.3 is 24.6 Å². The van der Waals surface area contributed by atoms with Crippen molar-refractivity contribution in [2.45, 2.75) is 0 Å². The number of esters is 2. The number of hydrogen-bond acceptors (Lipinski definition) is 7. The Morgan fingerprint density at radius 3 is 2.30 bits per heavy atom. The monoisotopic (exact) mass is 327 g/mol. The van der Waals surface area contributed by atoms with Crippen molar-refractivity contribution >= 4 is 23.6 Å². The Morgan fingerprint density at radius 2 is 1.83 bits per heavy atom. The molecule has 0 amide bonds. The zero-order chi connectivity index (χ0) is 17.6. The van der Waals surface area contributed by atoms with Crippen LogP contribution < -0.4 is 10.1 Å². The van der Waals surface area contributed by atoms with Crippen molar-refractivity contribution in [3.63, 3.8) is 0 Å². The van der Waals surface area contributed by atoms with Crippen LogP contribution in [0.1, 0.15) is 10.4 Å². The Hall–Kier alpha value is -3.10. The number of halogens is 1. The summed E-state index contributed by atoms with van der Waals surface area (Å²) in [6.45, 7) is 0. The molecule has 9 heteroatoms. The average molecular weight is 327 g/mol. The molecule has 1 aromatic carbocycles. The Balaban J connectivity index is 3.35. The maximum Gasteiger partial charge on any atom is 0.354 e. The van der Waals surface area contributed by atoms with Crippen LogP contribution >= 0.6 is 0 Å². The molecule has 0 spiro atoms. The molecule has 0 aliphatic rings. The van der Waals surface area contributed by atoms with Gasteiger partial charge in [0.2, 0.25) is 0 Å². The minimum Gasteiger partial charge on any atom is -0.494 e. The van der Waals surface area contributed by atoms with Gasteiger partial charge in [0.25, 0.3) is 0 Å².